The summed E-state index contributed by atoms with van der Waals surface area (Å²) in [6.45, 7) is 36.6. The quantitative estimate of drug-likeness (QED) is 0.356. The molecule has 2 rings (SSSR count). The summed E-state index contributed by atoms with van der Waals surface area (Å²) < 4.78 is 14.0. The van der Waals surface area contributed by atoms with E-state index >= 15 is 0 Å². The van der Waals surface area contributed by atoms with Gasteiger partial charge in [0.15, 0.2) is 16.6 Å². The van der Waals surface area contributed by atoms with Gasteiger partial charge in [-0.3, -0.25) is 0 Å². The van der Waals surface area contributed by atoms with Gasteiger partial charge in [0.05, 0.1) is 6.10 Å². The minimum absolute atomic E-state index is 0.0267. The maximum atomic E-state index is 7.10. The van der Waals surface area contributed by atoms with Gasteiger partial charge >= 0.3 is 0 Å². The monoisotopic (exact) mass is 492 g/mol. The van der Waals surface area contributed by atoms with Crippen LogP contribution < -0.4 is 0 Å². The van der Waals surface area contributed by atoms with Crippen LogP contribution in [0.1, 0.15) is 95.4 Å². The average Bonchev–Trinajstić information content (AvgIpc) is 2.60. The first-order chi connectivity index (χ1) is 14.6. The maximum Gasteiger partial charge on any atom is 0.192 e. The lowest BCUT2D eigenvalue weighted by Gasteiger charge is -2.57. The van der Waals surface area contributed by atoms with Crippen LogP contribution in [0.4, 0.5) is 0 Å². The topological polar surface area (TPSA) is 18.5 Å². The zero-order chi connectivity index (χ0) is 25.8. The molecule has 1 saturated carbocycles. The van der Waals surface area contributed by atoms with E-state index in [9.17, 15) is 0 Å². The Morgan fingerprint density at radius 2 is 1.45 bits per heavy atom. The van der Waals surface area contributed by atoms with Crippen LogP contribution in [0.5, 0.6) is 0 Å². The van der Waals surface area contributed by atoms with Gasteiger partial charge in [-0.1, -0.05) is 79.5 Å². The van der Waals surface area contributed by atoms with E-state index in [1.807, 2.05) is 0 Å². The molecule has 33 heavy (non-hydrogen) atoms. The average molecular weight is 493 g/mol. The van der Waals surface area contributed by atoms with E-state index < -0.39 is 16.6 Å². The molecule has 2 aliphatic rings. The molecule has 0 aliphatic heterocycles. The number of fused-ring (bicyclic) bond motifs is 1. The molecule has 0 bridgehead atoms. The Balaban J connectivity index is 2.44. The Bertz CT molecular complexity index is 785. The van der Waals surface area contributed by atoms with Crippen molar-refractivity contribution in [2.24, 2.45) is 16.7 Å². The van der Waals surface area contributed by atoms with Crippen molar-refractivity contribution in [3.8, 4) is 0 Å². The molecule has 0 heterocycles. The van der Waals surface area contributed by atoms with Crippen molar-refractivity contribution in [2.75, 3.05) is 6.61 Å². The van der Waals surface area contributed by atoms with Crippen molar-refractivity contribution in [1.29, 1.82) is 0 Å². The number of allylic oxidation sites excluding steroid dienone is 3. The minimum atomic E-state index is -1.84. The standard InChI is InChI=1S/C29H56O2Si2/c1-21(2)22-18-23(20-30-32(12,13)26(3,4)5)29(11)17-16-25(28(9,10)24(29)19-22)31-33(14,15)27(6,7)8/h19,23,25H,16-18,20H2,1-15H3/t23-,25+,29-/m1/s1. The lowest BCUT2D eigenvalue weighted by molar-refractivity contribution is -0.00848. The largest absolute Gasteiger partial charge is 0.417 e. The molecule has 0 aromatic carbocycles. The predicted molar refractivity (Wildman–Crippen MR) is 151 cm³/mol. The summed E-state index contributed by atoms with van der Waals surface area (Å²) in [4.78, 5) is 0. The molecule has 0 unspecified atom stereocenters. The molecule has 3 atom stereocenters. The number of rotatable bonds is 5. The van der Waals surface area contributed by atoms with Crippen molar-refractivity contribution in [3.05, 3.63) is 22.8 Å². The van der Waals surface area contributed by atoms with Crippen LogP contribution in [0, 0.1) is 16.7 Å². The molecule has 0 aromatic heterocycles. The Morgan fingerprint density at radius 3 is 1.91 bits per heavy atom. The van der Waals surface area contributed by atoms with Crippen LogP contribution in [0.25, 0.3) is 0 Å². The van der Waals surface area contributed by atoms with Gasteiger partial charge in [0.2, 0.25) is 0 Å². The fourth-order valence-corrected chi connectivity index (χ4v) is 7.72. The van der Waals surface area contributed by atoms with Gasteiger partial charge in [-0.2, -0.15) is 0 Å². The van der Waals surface area contributed by atoms with Gasteiger partial charge in [0.25, 0.3) is 0 Å². The van der Waals surface area contributed by atoms with Crippen LogP contribution in [0.2, 0.25) is 36.3 Å². The minimum Gasteiger partial charge on any atom is -0.417 e. The van der Waals surface area contributed by atoms with Crippen molar-refractivity contribution in [3.63, 3.8) is 0 Å². The Labute approximate surface area is 209 Å². The zero-order valence-electron chi connectivity index (χ0n) is 24.9. The molecule has 0 amide bonds. The second-order valence-corrected chi connectivity index (χ2v) is 24.7. The van der Waals surface area contributed by atoms with Crippen LogP contribution in [-0.2, 0) is 8.85 Å². The molecule has 0 aromatic rings. The fourth-order valence-electron chi connectivity index (χ4n) is 5.19. The highest BCUT2D eigenvalue weighted by molar-refractivity contribution is 6.74. The van der Waals surface area contributed by atoms with Gasteiger partial charge in [0.1, 0.15) is 0 Å². The predicted octanol–water partition coefficient (Wildman–Crippen LogP) is 9.51. The smallest absolute Gasteiger partial charge is 0.192 e. The Kier molecular flexibility index (Phi) is 7.97. The second-order valence-electron chi connectivity index (χ2n) is 15.1. The van der Waals surface area contributed by atoms with E-state index in [0.29, 0.717) is 5.92 Å². The first kappa shape index (κ1) is 29.1. The molecule has 0 radical (unpaired) electrons. The normalized spacial score (nSPS) is 28.9. The summed E-state index contributed by atoms with van der Waals surface area (Å²) in [5, 5.41) is 0.476. The highest BCUT2D eigenvalue weighted by atomic mass is 28.4. The summed E-state index contributed by atoms with van der Waals surface area (Å²) in [5.74, 6) is 0.532. The number of hydrogen-bond acceptors (Lipinski definition) is 2. The molecule has 0 saturated heterocycles. The van der Waals surface area contributed by atoms with E-state index in [0.717, 1.165) is 19.4 Å². The summed E-state index contributed by atoms with van der Waals surface area (Å²) in [6.07, 6.45) is 6.34. The van der Waals surface area contributed by atoms with Crippen molar-refractivity contribution < 1.29 is 8.85 Å². The third kappa shape index (κ3) is 5.65. The SMILES string of the molecule is CC(C)=C1C=C2C(C)(C)[C@@H](O[Si](C)(C)C(C)(C)C)CC[C@]2(C)[C@@H](CO[Si](C)(C)C(C)(C)C)C1. The summed E-state index contributed by atoms with van der Waals surface area (Å²) in [7, 11) is -3.62. The molecule has 0 N–H and O–H groups in total. The molecule has 2 aliphatic carbocycles. The number of hydrogen-bond donors (Lipinski definition) is 0. The highest BCUT2D eigenvalue weighted by Gasteiger charge is 2.54. The lowest BCUT2D eigenvalue weighted by Crippen LogP contribution is -2.55. The van der Waals surface area contributed by atoms with Gasteiger partial charge < -0.3 is 8.85 Å². The zero-order valence-corrected chi connectivity index (χ0v) is 26.9. The van der Waals surface area contributed by atoms with Crippen LogP contribution in [0.3, 0.4) is 0 Å². The molecule has 192 valence electrons. The maximum absolute atomic E-state index is 7.10. The summed E-state index contributed by atoms with van der Waals surface area (Å²) >= 11 is 0. The van der Waals surface area contributed by atoms with Crippen molar-refractivity contribution in [2.45, 2.75) is 138 Å². The first-order valence-electron chi connectivity index (χ1n) is 13.3. The van der Waals surface area contributed by atoms with Crippen LogP contribution in [-0.4, -0.2) is 29.3 Å². The third-order valence-electron chi connectivity index (χ3n) is 10.1. The van der Waals surface area contributed by atoms with Crippen molar-refractivity contribution >= 4 is 16.6 Å². The molecular formula is C29H56O2Si2. The molecule has 0 spiro atoms. The van der Waals surface area contributed by atoms with E-state index in [4.69, 9.17) is 8.85 Å². The highest BCUT2D eigenvalue weighted by Crippen LogP contribution is 2.60. The van der Waals surface area contributed by atoms with E-state index in [2.05, 4.69) is 108 Å². The van der Waals surface area contributed by atoms with E-state index in [1.54, 1.807) is 5.57 Å². The second kappa shape index (κ2) is 9.05. The van der Waals surface area contributed by atoms with Gasteiger partial charge in [-0.15, -0.1) is 0 Å². The van der Waals surface area contributed by atoms with E-state index in [1.165, 1.54) is 17.6 Å². The van der Waals surface area contributed by atoms with Crippen LogP contribution >= 0.6 is 0 Å². The Hall–Kier alpha value is -0.166. The fraction of sp³-hybridized carbons (Fsp3) is 0.862. The van der Waals surface area contributed by atoms with Gasteiger partial charge in [0, 0.05) is 12.0 Å². The lowest BCUT2D eigenvalue weighted by atomic mass is 9.52. The summed E-state index contributed by atoms with van der Waals surface area (Å²) in [5.41, 5.74) is 4.78. The molecular weight excluding hydrogens is 436 g/mol. The van der Waals surface area contributed by atoms with Gasteiger partial charge in [-0.25, -0.2) is 0 Å². The molecule has 2 nitrogen and oxygen atoms in total. The van der Waals surface area contributed by atoms with E-state index in [-0.39, 0.29) is 27.0 Å². The molecule has 1 fully saturated rings. The van der Waals surface area contributed by atoms with Crippen molar-refractivity contribution in [1.82, 2.24) is 0 Å². The Morgan fingerprint density at radius 1 is 0.939 bits per heavy atom. The third-order valence-corrected chi connectivity index (χ3v) is 19.0. The molecule has 4 heteroatoms. The summed E-state index contributed by atoms with van der Waals surface area (Å²) in [6, 6.07) is 0. The first-order valence-corrected chi connectivity index (χ1v) is 19.1. The van der Waals surface area contributed by atoms with Gasteiger partial charge in [-0.05, 0) is 86.3 Å². The van der Waals surface area contributed by atoms with Crippen LogP contribution in [0.15, 0.2) is 22.8 Å².